The Balaban J connectivity index is 0.000000185. The average molecular weight is 1230 g/mol. The zero-order valence-corrected chi connectivity index (χ0v) is 42.6. The molecule has 23 heteroatoms. The number of pyridine rings is 3. The number of aromatic hydroxyl groups is 1. The molecule has 0 aromatic carbocycles. The van der Waals surface area contributed by atoms with E-state index in [9.17, 15) is 15.0 Å². The summed E-state index contributed by atoms with van der Waals surface area (Å²) < 4.78 is 22.7. The molecule has 330 valence electrons. The maximum atomic E-state index is 10.8. The molecule has 0 saturated carbocycles. The molecule has 0 spiro atoms. The number of ether oxygens (including phenoxy) is 4. The van der Waals surface area contributed by atoms with Gasteiger partial charge in [-0.2, -0.15) is 0 Å². The van der Waals surface area contributed by atoms with Crippen molar-refractivity contribution in [3.05, 3.63) is 106 Å². The van der Waals surface area contributed by atoms with Crippen molar-refractivity contribution in [1.29, 1.82) is 0 Å². The van der Waals surface area contributed by atoms with E-state index in [0.717, 1.165) is 40.1 Å². The third-order valence-corrected chi connectivity index (χ3v) is 8.32. The Bertz CT molecular complexity index is 2400. The number of hydrogen-bond acceptors (Lipinski definition) is 16. The zero-order valence-electron chi connectivity index (χ0n) is 34.7. The van der Waals surface area contributed by atoms with E-state index in [1.165, 1.54) is 6.21 Å². The topological polar surface area (TPSA) is 270 Å². The number of fused-ring (bicyclic) bond motifs is 2. The number of aliphatic hydroxyl groups is 1. The van der Waals surface area contributed by atoms with E-state index < -0.39 is 11.6 Å². The van der Waals surface area contributed by atoms with Gasteiger partial charge >= 0.3 is 64.9 Å². The molecule has 0 amide bonds. The number of carbonyl (C=O) groups is 1. The number of hydrogen-bond donors (Lipinski definition) is 6. The summed E-state index contributed by atoms with van der Waals surface area (Å²) in [5, 5.41) is 18.9. The number of H-pyrrole nitrogens is 3. The summed E-state index contributed by atoms with van der Waals surface area (Å²) in [6, 6.07) is 0. The number of aliphatic imine (C=N–C) groups is 2. The van der Waals surface area contributed by atoms with Gasteiger partial charge in [0.05, 0.1) is 36.9 Å². The van der Waals surface area contributed by atoms with Crippen LogP contribution in [-0.2, 0) is 34.2 Å². The zero-order chi connectivity index (χ0) is 45.5. The number of nitrogens with zero attached hydrogens (tertiary/aromatic N) is 8. The quantitative estimate of drug-likeness (QED) is 0.0523. The fourth-order valence-electron chi connectivity index (χ4n) is 5.26. The van der Waals surface area contributed by atoms with Crippen LogP contribution in [0.5, 0.6) is 17.2 Å². The molecule has 2 aliphatic rings. The number of nitrogens with two attached hydrogens (primary N) is 1. The Kier molecular flexibility index (Phi) is 19.7. The Morgan fingerprint density at radius 3 is 1.58 bits per heavy atom. The van der Waals surface area contributed by atoms with Crippen molar-refractivity contribution >= 4 is 96.5 Å². The molecule has 0 radical (unpaired) electrons. The van der Waals surface area contributed by atoms with Gasteiger partial charge in [0, 0.05) is 129 Å². The van der Waals surface area contributed by atoms with Crippen LogP contribution in [0, 0.1) is 20.8 Å². The summed E-state index contributed by atoms with van der Waals surface area (Å²) in [6.45, 7) is 13.5. The molecule has 2 aliphatic heterocycles. The van der Waals surface area contributed by atoms with Crippen LogP contribution in [0.3, 0.4) is 0 Å². The van der Waals surface area contributed by atoms with Crippen LogP contribution < -0.4 is 15.2 Å². The van der Waals surface area contributed by atoms with Crippen molar-refractivity contribution in [2.45, 2.75) is 79.9 Å². The number of aryl methyl sites for hydroxylation is 3. The van der Waals surface area contributed by atoms with E-state index in [1.54, 1.807) is 68.9 Å². The third-order valence-electron chi connectivity index (χ3n) is 8.32. The van der Waals surface area contributed by atoms with Crippen LogP contribution in [0.15, 0.2) is 65.8 Å². The summed E-state index contributed by atoms with van der Waals surface area (Å²) in [5.41, 5.74) is 11.4. The minimum absolute atomic E-state index is 0.00380. The molecule has 8 heterocycles. The molecule has 0 bridgehead atoms. The molecule has 0 unspecified atom stereocenters. The number of imidazole rings is 3. The molecule has 8 rings (SSSR count). The standard InChI is InChI=1S/C14H16N4O2.C11H12N4O2.C11H13NO3.C3H5N3.3HI.V/c1-9-12-11(8-19-14(2,3)20-12)10(6-17-9)7-18-13-15-4-5-16-13;1-7-10(17)9(6-16)8(4-14-7)5-15-11-12-2-3-13-11;1-7-10-9(8(5-13)4-12-7)6-14-11(2,3)15-10;4-3-5-1-2-6-3;;;;/h4-7H,8H2,1-3H3,(H,15,16);2-5,16-17H,6H2,1H3,(H,12,13);4-5H,6H2,1-3H3;1-2H,(H3,4,5,6);3*1H;/q;;;;;;;+3/p-3. The maximum absolute atomic E-state index is 10.8. The molecule has 0 atom stereocenters. The van der Waals surface area contributed by atoms with Gasteiger partial charge in [0.25, 0.3) is 0 Å². The van der Waals surface area contributed by atoms with E-state index in [1.807, 2.05) is 41.5 Å². The van der Waals surface area contributed by atoms with Crippen LogP contribution in [0.2, 0.25) is 0 Å². The van der Waals surface area contributed by atoms with Gasteiger partial charge in [0.15, 0.2) is 23.7 Å². The van der Waals surface area contributed by atoms with Gasteiger partial charge in [-0.1, -0.05) is 0 Å². The Morgan fingerprint density at radius 1 is 0.726 bits per heavy atom. The van der Waals surface area contributed by atoms with E-state index in [2.05, 4.69) is 115 Å². The van der Waals surface area contributed by atoms with Crippen molar-refractivity contribution in [2.75, 3.05) is 5.73 Å². The number of nitrogens with one attached hydrogen (secondary N) is 3. The van der Waals surface area contributed by atoms with Crippen molar-refractivity contribution in [1.82, 2.24) is 44.9 Å². The van der Waals surface area contributed by atoms with Gasteiger partial charge in [0.1, 0.15) is 5.75 Å². The van der Waals surface area contributed by atoms with Gasteiger partial charge in [-0.05, 0) is 20.8 Å². The molecule has 7 N–H and O–H groups in total. The number of aromatic nitrogens is 9. The average Bonchev–Trinajstić information content (AvgIpc) is 4.05. The van der Waals surface area contributed by atoms with Gasteiger partial charge in [0.2, 0.25) is 23.5 Å². The van der Waals surface area contributed by atoms with Crippen molar-refractivity contribution in [3.8, 4) is 17.2 Å². The van der Waals surface area contributed by atoms with Crippen LogP contribution in [-0.4, -0.2) is 85.4 Å². The predicted octanol–water partition coefficient (Wildman–Crippen LogP) is 8.06. The summed E-state index contributed by atoms with van der Waals surface area (Å²) in [4.78, 5) is 51.3. The Hall–Kier alpha value is -4.06. The molecular weight excluding hydrogens is 1180 g/mol. The van der Waals surface area contributed by atoms with Crippen LogP contribution in [0.25, 0.3) is 0 Å². The second-order valence-corrected chi connectivity index (χ2v) is 49.1. The Labute approximate surface area is 395 Å². The summed E-state index contributed by atoms with van der Waals surface area (Å²) in [7, 11) is 0. The molecule has 6 aromatic rings. The van der Waals surface area contributed by atoms with Crippen molar-refractivity contribution in [2.24, 2.45) is 9.98 Å². The Morgan fingerprint density at radius 2 is 1.16 bits per heavy atom. The van der Waals surface area contributed by atoms with Crippen molar-refractivity contribution in [3.63, 3.8) is 0 Å². The van der Waals surface area contributed by atoms with Gasteiger partial charge in [-0.15, -0.1) is 0 Å². The third kappa shape index (κ3) is 15.6. The second kappa shape index (κ2) is 24.1. The molecule has 0 saturated heterocycles. The number of halogens is 3. The summed E-state index contributed by atoms with van der Waals surface area (Å²) in [6.07, 6.45) is 18.8. The van der Waals surface area contributed by atoms with Crippen LogP contribution in [0.1, 0.15) is 83.0 Å². The summed E-state index contributed by atoms with van der Waals surface area (Å²) >= 11 is 7.39. The predicted molar refractivity (Wildman–Crippen MR) is 256 cm³/mol. The second-order valence-electron chi connectivity index (χ2n) is 13.7. The monoisotopic (exact) mass is 1230 g/mol. The molecule has 0 aliphatic carbocycles. The normalized spacial score (nSPS) is 14.3. The van der Waals surface area contributed by atoms with Gasteiger partial charge in [-0.25, -0.2) is 24.9 Å². The first kappa shape index (κ1) is 50.6. The molecule has 6 aromatic heterocycles. The van der Waals surface area contributed by atoms with Crippen LogP contribution >= 0.6 is 59.9 Å². The fourth-order valence-corrected chi connectivity index (χ4v) is 5.26. The van der Waals surface area contributed by atoms with Gasteiger partial charge < -0.3 is 49.8 Å². The number of carbonyl (C=O) groups excluding carboxylic acids is 1. The fraction of sp³-hybridized carbons (Fsp3) is 0.308. The first-order valence-electron chi connectivity index (χ1n) is 18.4. The number of anilines is 1. The number of nitrogen functional groups attached to an aromatic ring is 1. The van der Waals surface area contributed by atoms with E-state index >= 15 is 0 Å². The minimum atomic E-state index is -0.652. The molecular formula is C39H46I3N12O7V. The number of rotatable bonds is 6. The number of aliphatic hydroxyl groups excluding tert-OH is 1. The first-order valence-corrected chi connectivity index (χ1v) is 31.9. The van der Waals surface area contributed by atoms with E-state index in [4.69, 9.17) is 24.7 Å². The SMILES string of the molecule is Cc1ncc(C=Nc2ncc[nH]2)c(CO)c1O.Cc1ncc(C=Nc2ncc[nH]2)c2c1OC(C)(C)OC2.Cc1ncc(C=O)c2c1OC(C)(C)OC2.Nc1ncc[nH]1.[I][V]([I])[I]. The number of aldehydes is 1. The van der Waals surface area contributed by atoms with Gasteiger partial charge in [-0.3, -0.25) is 19.7 Å². The van der Waals surface area contributed by atoms with Crippen molar-refractivity contribution < 1.29 is 38.9 Å². The van der Waals surface area contributed by atoms with E-state index in [-0.39, 0.29) is 17.3 Å². The molecule has 19 nitrogen and oxygen atoms in total. The van der Waals surface area contributed by atoms with E-state index in [0.29, 0.717) is 59.2 Å². The van der Waals surface area contributed by atoms with Crippen LogP contribution in [0.4, 0.5) is 17.8 Å². The first-order chi connectivity index (χ1) is 29.4. The molecule has 0 fully saturated rings. The molecule has 62 heavy (non-hydrogen) atoms. The number of aromatic amines is 3. The summed E-state index contributed by atoms with van der Waals surface area (Å²) in [5.74, 6) is 1.65.